The Morgan fingerprint density at radius 3 is 2.85 bits per heavy atom. The lowest BCUT2D eigenvalue weighted by Crippen LogP contribution is -2.02. The highest BCUT2D eigenvalue weighted by atomic mass is 32.2. The van der Waals surface area contributed by atoms with Gasteiger partial charge in [-0.3, -0.25) is 0 Å². The molecule has 1 atom stereocenters. The molecule has 1 unspecified atom stereocenters. The Kier molecular flexibility index (Phi) is 4.28. The van der Waals surface area contributed by atoms with Crippen molar-refractivity contribution in [2.45, 2.75) is 38.9 Å². The fraction of sp³-hybridized carbons (Fsp3) is 0.778. The molecule has 1 aromatic heterocycles. The Hall–Kier alpha value is -0.510. The molecule has 1 rings (SSSR count). The van der Waals surface area contributed by atoms with Gasteiger partial charge < -0.3 is 4.52 Å². The molecule has 0 radical (unpaired) electrons. The maximum absolute atomic E-state index is 5.04. The second kappa shape index (κ2) is 5.27. The molecule has 1 heterocycles. The zero-order valence-corrected chi connectivity index (χ0v) is 9.23. The van der Waals surface area contributed by atoms with E-state index >= 15 is 0 Å². The SMILES string of the molecule is CCCSC(C)Cc1nc(C)no1. The fourth-order valence-corrected chi connectivity index (χ4v) is 1.95. The normalized spacial score (nSPS) is 13.2. The van der Waals surface area contributed by atoms with Crippen molar-refractivity contribution >= 4 is 11.8 Å². The van der Waals surface area contributed by atoms with Crippen LogP contribution in [0.5, 0.6) is 0 Å². The van der Waals surface area contributed by atoms with Crippen molar-refractivity contribution in [3.05, 3.63) is 11.7 Å². The molecular formula is C9H16N2OS. The van der Waals surface area contributed by atoms with Gasteiger partial charge in [-0.05, 0) is 19.1 Å². The molecule has 0 N–H and O–H groups in total. The highest BCUT2D eigenvalue weighted by molar-refractivity contribution is 7.99. The van der Waals surface area contributed by atoms with E-state index in [9.17, 15) is 0 Å². The molecule has 0 aliphatic heterocycles. The van der Waals surface area contributed by atoms with E-state index in [4.69, 9.17) is 4.52 Å². The zero-order chi connectivity index (χ0) is 9.68. The smallest absolute Gasteiger partial charge is 0.227 e. The topological polar surface area (TPSA) is 38.9 Å². The van der Waals surface area contributed by atoms with Crippen molar-refractivity contribution in [2.75, 3.05) is 5.75 Å². The summed E-state index contributed by atoms with van der Waals surface area (Å²) in [6.45, 7) is 6.23. The van der Waals surface area contributed by atoms with Gasteiger partial charge in [0.05, 0.1) is 0 Å². The standard InChI is InChI=1S/C9H16N2OS/c1-4-5-13-7(2)6-9-10-8(3)11-12-9/h7H,4-6H2,1-3H3. The molecule has 13 heavy (non-hydrogen) atoms. The van der Waals surface area contributed by atoms with Crippen LogP contribution in [0.25, 0.3) is 0 Å². The quantitative estimate of drug-likeness (QED) is 0.732. The van der Waals surface area contributed by atoms with Crippen molar-refractivity contribution in [1.82, 2.24) is 10.1 Å². The van der Waals surface area contributed by atoms with E-state index in [1.165, 1.54) is 12.2 Å². The van der Waals surface area contributed by atoms with Gasteiger partial charge in [-0.25, -0.2) is 0 Å². The first kappa shape index (κ1) is 10.6. The van der Waals surface area contributed by atoms with E-state index < -0.39 is 0 Å². The van der Waals surface area contributed by atoms with Crippen molar-refractivity contribution in [3.8, 4) is 0 Å². The summed E-state index contributed by atoms with van der Waals surface area (Å²) in [4.78, 5) is 4.17. The summed E-state index contributed by atoms with van der Waals surface area (Å²) in [6, 6.07) is 0. The van der Waals surface area contributed by atoms with Crippen molar-refractivity contribution < 1.29 is 4.52 Å². The lowest BCUT2D eigenvalue weighted by atomic mass is 10.3. The summed E-state index contributed by atoms with van der Waals surface area (Å²) in [5.41, 5.74) is 0. The molecule has 0 fully saturated rings. The number of hydrogen-bond acceptors (Lipinski definition) is 4. The predicted molar refractivity (Wildman–Crippen MR) is 55.0 cm³/mol. The highest BCUT2D eigenvalue weighted by Gasteiger charge is 2.08. The maximum atomic E-state index is 5.04. The van der Waals surface area contributed by atoms with Gasteiger partial charge in [0.1, 0.15) is 0 Å². The Morgan fingerprint density at radius 1 is 1.54 bits per heavy atom. The molecule has 1 aromatic rings. The summed E-state index contributed by atoms with van der Waals surface area (Å²) in [5.74, 6) is 2.69. The second-order valence-electron chi connectivity index (χ2n) is 3.12. The second-order valence-corrected chi connectivity index (χ2v) is 4.67. The monoisotopic (exact) mass is 200 g/mol. The minimum absolute atomic E-state index is 0.569. The molecule has 0 amide bonds. The summed E-state index contributed by atoms with van der Waals surface area (Å²) in [5, 5.41) is 4.32. The van der Waals surface area contributed by atoms with Crippen LogP contribution in [0.4, 0.5) is 0 Å². The molecule has 0 aliphatic carbocycles. The van der Waals surface area contributed by atoms with Gasteiger partial charge in [0.25, 0.3) is 0 Å². The minimum Gasteiger partial charge on any atom is -0.339 e. The number of thioether (sulfide) groups is 1. The molecule has 0 bridgehead atoms. The van der Waals surface area contributed by atoms with E-state index in [-0.39, 0.29) is 0 Å². The van der Waals surface area contributed by atoms with Crippen LogP contribution in [0, 0.1) is 6.92 Å². The van der Waals surface area contributed by atoms with Crippen LogP contribution in [0.15, 0.2) is 4.52 Å². The molecule has 0 aliphatic rings. The average Bonchev–Trinajstić information content (AvgIpc) is 2.48. The number of nitrogens with zero attached hydrogens (tertiary/aromatic N) is 2. The van der Waals surface area contributed by atoms with Gasteiger partial charge in [-0.2, -0.15) is 16.7 Å². The first-order valence-corrected chi connectivity index (χ1v) is 5.68. The third-order valence-corrected chi connectivity index (χ3v) is 3.02. The van der Waals surface area contributed by atoms with Gasteiger partial charge in [-0.15, -0.1) is 0 Å². The first-order chi connectivity index (χ1) is 6.22. The number of hydrogen-bond donors (Lipinski definition) is 0. The van der Waals surface area contributed by atoms with Gasteiger partial charge >= 0.3 is 0 Å². The van der Waals surface area contributed by atoms with Gasteiger partial charge in [-0.1, -0.05) is 19.0 Å². The third kappa shape index (κ3) is 3.81. The van der Waals surface area contributed by atoms with E-state index in [2.05, 4.69) is 24.0 Å². The fourth-order valence-electron chi connectivity index (χ4n) is 1.05. The highest BCUT2D eigenvalue weighted by Crippen LogP contribution is 2.15. The molecule has 3 nitrogen and oxygen atoms in total. The Labute approximate surface area is 83.3 Å². The molecule has 0 saturated heterocycles. The number of rotatable bonds is 5. The largest absolute Gasteiger partial charge is 0.339 e. The van der Waals surface area contributed by atoms with E-state index in [1.807, 2.05) is 18.7 Å². The molecule has 0 spiro atoms. The minimum atomic E-state index is 0.569. The number of aromatic nitrogens is 2. The van der Waals surface area contributed by atoms with E-state index in [0.29, 0.717) is 5.25 Å². The third-order valence-electron chi connectivity index (χ3n) is 1.64. The van der Waals surface area contributed by atoms with Crippen molar-refractivity contribution in [2.24, 2.45) is 0 Å². The predicted octanol–water partition coefficient (Wildman–Crippen LogP) is 2.45. The summed E-state index contributed by atoms with van der Waals surface area (Å²) >= 11 is 1.95. The van der Waals surface area contributed by atoms with Gasteiger partial charge in [0, 0.05) is 11.7 Å². The van der Waals surface area contributed by atoms with Crippen LogP contribution >= 0.6 is 11.8 Å². The first-order valence-electron chi connectivity index (χ1n) is 4.63. The average molecular weight is 200 g/mol. The van der Waals surface area contributed by atoms with Crippen LogP contribution in [-0.4, -0.2) is 21.1 Å². The molecule has 0 saturated carbocycles. The molecule has 4 heteroatoms. The number of aryl methyl sites for hydroxylation is 1. The van der Waals surface area contributed by atoms with Crippen LogP contribution < -0.4 is 0 Å². The van der Waals surface area contributed by atoms with Gasteiger partial charge in [0.2, 0.25) is 5.89 Å². The van der Waals surface area contributed by atoms with E-state index in [0.717, 1.165) is 18.1 Å². The lowest BCUT2D eigenvalue weighted by Gasteiger charge is -2.06. The van der Waals surface area contributed by atoms with Crippen LogP contribution in [-0.2, 0) is 6.42 Å². The zero-order valence-electron chi connectivity index (χ0n) is 8.41. The summed E-state index contributed by atoms with van der Waals surface area (Å²) in [7, 11) is 0. The molecule has 74 valence electrons. The van der Waals surface area contributed by atoms with Crippen LogP contribution in [0.2, 0.25) is 0 Å². The van der Waals surface area contributed by atoms with Gasteiger partial charge in [0.15, 0.2) is 5.82 Å². The summed E-state index contributed by atoms with van der Waals surface area (Å²) in [6.07, 6.45) is 2.10. The van der Waals surface area contributed by atoms with Crippen LogP contribution in [0.3, 0.4) is 0 Å². The lowest BCUT2D eigenvalue weighted by molar-refractivity contribution is 0.375. The Morgan fingerprint density at radius 2 is 2.31 bits per heavy atom. The van der Waals surface area contributed by atoms with E-state index in [1.54, 1.807) is 0 Å². The van der Waals surface area contributed by atoms with Crippen molar-refractivity contribution in [1.29, 1.82) is 0 Å². The molecule has 0 aromatic carbocycles. The Balaban J connectivity index is 2.31. The summed E-state index contributed by atoms with van der Waals surface area (Å²) < 4.78 is 5.04. The molecular weight excluding hydrogens is 184 g/mol. The maximum Gasteiger partial charge on any atom is 0.227 e. The van der Waals surface area contributed by atoms with Crippen LogP contribution in [0.1, 0.15) is 32.0 Å². The van der Waals surface area contributed by atoms with Crippen molar-refractivity contribution in [3.63, 3.8) is 0 Å². The Bertz CT molecular complexity index is 250.